The second kappa shape index (κ2) is 5.24. The van der Waals surface area contributed by atoms with Crippen LogP contribution < -0.4 is 10.5 Å². The van der Waals surface area contributed by atoms with Gasteiger partial charge >= 0.3 is 6.09 Å². The van der Waals surface area contributed by atoms with Crippen molar-refractivity contribution in [3.8, 4) is 11.5 Å². The van der Waals surface area contributed by atoms with E-state index in [1.54, 1.807) is 45.0 Å². The van der Waals surface area contributed by atoms with E-state index >= 15 is 0 Å². The van der Waals surface area contributed by atoms with Gasteiger partial charge in [-0.25, -0.2) is 4.79 Å². The maximum atomic E-state index is 11.8. The molecule has 2 rings (SSSR count). The molecule has 1 aromatic heterocycles. The molecule has 1 heterocycles. The molecule has 0 aliphatic carbocycles. The predicted molar refractivity (Wildman–Crippen MR) is 74.8 cm³/mol. The Morgan fingerprint density at radius 3 is 2.45 bits per heavy atom. The molecule has 0 fully saturated rings. The lowest BCUT2D eigenvalue weighted by atomic mass is 10.2. The summed E-state index contributed by atoms with van der Waals surface area (Å²) in [6.45, 7) is 5.38. The summed E-state index contributed by atoms with van der Waals surface area (Å²) in [4.78, 5) is 11.8. The summed E-state index contributed by atoms with van der Waals surface area (Å²) >= 11 is 0. The van der Waals surface area contributed by atoms with E-state index in [1.807, 2.05) is 0 Å². The first-order valence-corrected chi connectivity index (χ1v) is 6.15. The van der Waals surface area contributed by atoms with Crippen LogP contribution in [0.5, 0.6) is 11.5 Å². The van der Waals surface area contributed by atoms with Gasteiger partial charge in [0.1, 0.15) is 11.4 Å². The van der Waals surface area contributed by atoms with E-state index in [1.165, 1.54) is 12.4 Å². The molecule has 1 aromatic carbocycles. The van der Waals surface area contributed by atoms with Gasteiger partial charge in [0.2, 0.25) is 0 Å². The minimum atomic E-state index is -0.568. The second-order valence-electron chi connectivity index (χ2n) is 5.27. The van der Waals surface area contributed by atoms with Crippen molar-refractivity contribution in [3.05, 3.63) is 36.7 Å². The number of aromatic nitrogens is 2. The molecule has 2 N–H and O–H groups in total. The van der Waals surface area contributed by atoms with Crippen molar-refractivity contribution < 1.29 is 14.3 Å². The maximum absolute atomic E-state index is 11.8. The van der Waals surface area contributed by atoms with Crippen LogP contribution >= 0.6 is 0 Å². The summed E-state index contributed by atoms with van der Waals surface area (Å²) in [7, 11) is 0. The smallest absolute Gasteiger partial charge is 0.435 e. The summed E-state index contributed by atoms with van der Waals surface area (Å²) in [5, 5.41) is 3.91. The molecule has 6 nitrogen and oxygen atoms in total. The molecule has 0 saturated heterocycles. The minimum absolute atomic E-state index is 0.445. The molecule has 0 amide bonds. The summed E-state index contributed by atoms with van der Waals surface area (Å²) in [6, 6.07) is 6.93. The quantitative estimate of drug-likeness (QED) is 0.852. The highest BCUT2D eigenvalue weighted by molar-refractivity contribution is 5.70. The fraction of sp³-hybridized carbons (Fsp3) is 0.286. The van der Waals surface area contributed by atoms with E-state index in [-0.39, 0.29) is 0 Å². The number of ether oxygens (including phenoxy) is 2. The van der Waals surface area contributed by atoms with Crippen LogP contribution in [0.1, 0.15) is 20.8 Å². The van der Waals surface area contributed by atoms with Crippen LogP contribution in [0.25, 0.3) is 0 Å². The predicted octanol–water partition coefficient (Wildman–Crippen LogP) is 3.04. The molecule has 0 unspecified atom stereocenters. The number of rotatable bonds is 2. The average Bonchev–Trinajstić information content (AvgIpc) is 2.79. The number of nitrogens with two attached hydrogens (primary N) is 1. The average molecular weight is 275 g/mol. The number of hydrogen-bond donors (Lipinski definition) is 1. The fourth-order valence-corrected chi connectivity index (χ4v) is 1.44. The zero-order valence-corrected chi connectivity index (χ0v) is 11.7. The van der Waals surface area contributed by atoms with Gasteiger partial charge in [0.15, 0.2) is 5.75 Å². The highest BCUT2D eigenvalue weighted by Gasteiger charge is 2.18. The molecule has 2 aromatic rings. The minimum Gasteiger partial charge on any atom is -0.454 e. The summed E-state index contributed by atoms with van der Waals surface area (Å²) in [6.07, 6.45) is 2.36. The molecule has 0 aliphatic rings. The van der Waals surface area contributed by atoms with Crippen LogP contribution in [-0.2, 0) is 4.74 Å². The topological polar surface area (TPSA) is 79.4 Å². The first-order chi connectivity index (χ1) is 9.33. The van der Waals surface area contributed by atoms with E-state index in [9.17, 15) is 4.79 Å². The summed E-state index contributed by atoms with van der Waals surface area (Å²) in [5.41, 5.74) is 5.68. The number of carbonyl (C=O) groups is 1. The lowest BCUT2D eigenvalue weighted by Gasteiger charge is -2.18. The summed E-state index contributed by atoms with van der Waals surface area (Å²) in [5.74, 6) is 1.06. The Kier molecular flexibility index (Phi) is 3.65. The Bertz CT molecular complexity index is 597. The van der Waals surface area contributed by atoms with Gasteiger partial charge in [0, 0.05) is 5.69 Å². The third-order valence-corrected chi connectivity index (χ3v) is 2.26. The number of benzene rings is 1. The first kappa shape index (κ1) is 13.9. The normalized spacial score (nSPS) is 11.2. The third kappa shape index (κ3) is 3.74. The van der Waals surface area contributed by atoms with Crippen molar-refractivity contribution in [3.63, 3.8) is 0 Å². The lowest BCUT2D eigenvalue weighted by Crippen LogP contribution is -2.27. The molecular formula is C14H17N3O3. The van der Waals surface area contributed by atoms with Gasteiger partial charge < -0.3 is 15.2 Å². The Balaban J connectivity index is 2.05. The van der Waals surface area contributed by atoms with Crippen LogP contribution in [0.4, 0.5) is 10.5 Å². The largest absolute Gasteiger partial charge is 0.454 e. The zero-order chi connectivity index (χ0) is 14.8. The van der Waals surface area contributed by atoms with Crippen molar-refractivity contribution in [1.29, 1.82) is 0 Å². The number of carbonyl (C=O) groups excluding carboxylic acids is 1. The number of nitrogen functional groups attached to an aromatic ring is 1. The van der Waals surface area contributed by atoms with Crippen LogP contribution in [0.3, 0.4) is 0 Å². The first-order valence-electron chi connectivity index (χ1n) is 6.15. The second-order valence-corrected chi connectivity index (χ2v) is 5.27. The van der Waals surface area contributed by atoms with Crippen LogP contribution in [0.2, 0.25) is 0 Å². The number of nitrogens with zero attached hydrogens (tertiary/aromatic N) is 2. The highest BCUT2D eigenvalue weighted by Crippen LogP contribution is 2.21. The van der Waals surface area contributed by atoms with Gasteiger partial charge in [-0.2, -0.15) is 9.78 Å². The molecule has 0 atom stereocenters. The zero-order valence-electron chi connectivity index (χ0n) is 11.7. The van der Waals surface area contributed by atoms with Gasteiger partial charge in [-0.1, -0.05) is 0 Å². The van der Waals surface area contributed by atoms with Gasteiger partial charge in [-0.15, -0.1) is 0 Å². The molecule has 0 radical (unpaired) electrons. The van der Waals surface area contributed by atoms with Gasteiger partial charge in [-0.3, -0.25) is 0 Å². The van der Waals surface area contributed by atoms with E-state index in [0.29, 0.717) is 17.2 Å². The van der Waals surface area contributed by atoms with Crippen molar-refractivity contribution in [2.24, 2.45) is 0 Å². The van der Waals surface area contributed by atoms with Crippen molar-refractivity contribution in [2.45, 2.75) is 26.4 Å². The Labute approximate surface area is 117 Å². The maximum Gasteiger partial charge on any atom is 0.435 e. The van der Waals surface area contributed by atoms with Crippen molar-refractivity contribution in [2.75, 3.05) is 5.73 Å². The summed E-state index contributed by atoms with van der Waals surface area (Å²) < 4.78 is 11.8. The SMILES string of the molecule is CC(C)(C)OC(=O)n1cc(Oc2ccc(N)cc2)cn1. The van der Waals surface area contributed by atoms with Crippen LogP contribution in [-0.4, -0.2) is 21.5 Å². The van der Waals surface area contributed by atoms with E-state index < -0.39 is 11.7 Å². The Morgan fingerprint density at radius 1 is 1.20 bits per heavy atom. The standard InChI is InChI=1S/C14H17N3O3/c1-14(2,3)20-13(18)17-9-12(8-16-17)19-11-6-4-10(15)5-7-11/h4-9H,15H2,1-3H3. The lowest BCUT2D eigenvalue weighted by molar-refractivity contribution is 0.0514. The monoisotopic (exact) mass is 275 g/mol. The molecular weight excluding hydrogens is 258 g/mol. The highest BCUT2D eigenvalue weighted by atomic mass is 16.6. The van der Waals surface area contributed by atoms with E-state index in [4.69, 9.17) is 15.2 Å². The number of anilines is 1. The van der Waals surface area contributed by atoms with Crippen molar-refractivity contribution >= 4 is 11.8 Å². The van der Waals surface area contributed by atoms with Crippen LogP contribution in [0, 0.1) is 0 Å². The van der Waals surface area contributed by atoms with E-state index in [0.717, 1.165) is 4.68 Å². The molecule has 0 aliphatic heterocycles. The fourth-order valence-electron chi connectivity index (χ4n) is 1.44. The molecule has 6 heteroatoms. The third-order valence-electron chi connectivity index (χ3n) is 2.26. The number of hydrogen-bond acceptors (Lipinski definition) is 5. The molecule has 0 saturated carbocycles. The molecule has 0 spiro atoms. The molecule has 20 heavy (non-hydrogen) atoms. The molecule has 106 valence electrons. The van der Waals surface area contributed by atoms with E-state index in [2.05, 4.69) is 5.10 Å². The Hall–Kier alpha value is -2.50. The van der Waals surface area contributed by atoms with Crippen molar-refractivity contribution in [1.82, 2.24) is 9.78 Å². The Morgan fingerprint density at radius 2 is 1.85 bits per heavy atom. The van der Waals surface area contributed by atoms with Gasteiger partial charge in [0.25, 0.3) is 0 Å². The van der Waals surface area contributed by atoms with Gasteiger partial charge in [-0.05, 0) is 45.0 Å². The molecule has 0 bridgehead atoms. The van der Waals surface area contributed by atoms with Crippen LogP contribution in [0.15, 0.2) is 36.7 Å². The van der Waals surface area contributed by atoms with Gasteiger partial charge in [0.05, 0.1) is 12.4 Å².